The van der Waals surface area contributed by atoms with Crippen molar-refractivity contribution in [1.82, 2.24) is 10.3 Å². The van der Waals surface area contributed by atoms with E-state index in [1.807, 2.05) is 24.3 Å². The Morgan fingerprint density at radius 1 is 1.08 bits per heavy atom. The molecule has 1 aliphatic carbocycles. The van der Waals surface area contributed by atoms with Crippen LogP contribution in [0, 0.1) is 0 Å². The van der Waals surface area contributed by atoms with Crippen LogP contribution in [-0.4, -0.2) is 17.4 Å². The second-order valence-corrected chi connectivity index (χ2v) is 6.85. The van der Waals surface area contributed by atoms with E-state index in [4.69, 9.17) is 0 Å². The molecule has 0 aliphatic heterocycles. The first-order valence-electron chi connectivity index (χ1n) is 9.02. The van der Waals surface area contributed by atoms with E-state index >= 15 is 0 Å². The molecule has 1 amide bonds. The van der Waals surface area contributed by atoms with Gasteiger partial charge in [0.15, 0.2) is 0 Å². The third-order valence-corrected chi connectivity index (χ3v) is 5.09. The Morgan fingerprint density at radius 2 is 1.75 bits per heavy atom. The topological polar surface area (TPSA) is 42.0 Å². The Kier molecular flexibility index (Phi) is 5.63. The van der Waals surface area contributed by atoms with Crippen LogP contribution in [0.15, 0.2) is 48.8 Å². The van der Waals surface area contributed by atoms with Crippen LogP contribution in [-0.2, 0) is 0 Å². The highest BCUT2D eigenvalue weighted by atomic mass is 16.1. The van der Waals surface area contributed by atoms with Crippen LogP contribution in [0.3, 0.4) is 0 Å². The summed E-state index contributed by atoms with van der Waals surface area (Å²) in [5.41, 5.74) is 3.32. The van der Waals surface area contributed by atoms with Gasteiger partial charge in [-0.25, -0.2) is 0 Å². The van der Waals surface area contributed by atoms with Gasteiger partial charge >= 0.3 is 0 Å². The molecule has 0 saturated heterocycles. The molecular formula is C21H26N2O. The van der Waals surface area contributed by atoms with E-state index in [-0.39, 0.29) is 11.8 Å². The Bertz CT molecular complexity index is 645. The average Bonchev–Trinajstić information content (AvgIpc) is 2.67. The van der Waals surface area contributed by atoms with E-state index in [0.717, 1.165) is 5.56 Å². The predicted octanol–water partition coefficient (Wildman–Crippen LogP) is 4.66. The van der Waals surface area contributed by atoms with Crippen LogP contribution < -0.4 is 5.32 Å². The number of hydrogen-bond donors (Lipinski definition) is 1. The number of amides is 1. The number of aromatic nitrogens is 1. The van der Waals surface area contributed by atoms with Crippen molar-refractivity contribution in [2.45, 2.75) is 50.9 Å². The molecule has 1 saturated carbocycles. The van der Waals surface area contributed by atoms with Crippen molar-refractivity contribution in [3.05, 3.63) is 65.5 Å². The van der Waals surface area contributed by atoms with Gasteiger partial charge in [-0.15, -0.1) is 0 Å². The normalized spacial score (nSPS) is 16.5. The molecule has 2 aromatic rings. The smallest absolute Gasteiger partial charge is 0.251 e. The molecule has 3 heteroatoms. The van der Waals surface area contributed by atoms with E-state index in [0.29, 0.717) is 12.5 Å². The lowest BCUT2D eigenvalue weighted by molar-refractivity contribution is 0.0951. The number of nitrogens with one attached hydrogen (secondary N) is 1. The van der Waals surface area contributed by atoms with Gasteiger partial charge < -0.3 is 5.32 Å². The van der Waals surface area contributed by atoms with Gasteiger partial charge in [-0.2, -0.15) is 0 Å². The van der Waals surface area contributed by atoms with E-state index in [9.17, 15) is 4.79 Å². The van der Waals surface area contributed by atoms with Gasteiger partial charge in [0.1, 0.15) is 0 Å². The number of carbonyl (C=O) groups excluding carboxylic acids is 1. The molecular weight excluding hydrogens is 296 g/mol. The van der Waals surface area contributed by atoms with Crippen LogP contribution in [0.25, 0.3) is 0 Å². The van der Waals surface area contributed by atoms with E-state index < -0.39 is 0 Å². The summed E-state index contributed by atoms with van der Waals surface area (Å²) in [5.74, 6) is 0.965. The standard InChI is InChI=1S/C21H26N2O/c1-16(17-11-13-22-14-12-17)15-23-21(24)20-9-7-19(8-10-20)18-5-3-2-4-6-18/h7-14,16,18H,2-6,15H2,1H3,(H,23,24)/t16-/m0/s1. The minimum atomic E-state index is 0.00565. The zero-order valence-electron chi connectivity index (χ0n) is 14.4. The highest BCUT2D eigenvalue weighted by molar-refractivity contribution is 5.94. The maximum absolute atomic E-state index is 12.3. The molecule has 3 nitrogen and oxygen atoms in total. The fourth-order valence-corrected chi connectivity index (χ4v) is 3.50. The van der Waals surface area contributed by atoms with Crippen molar-refractivity contribution in [2.24, 2.45) is 0 Å². The fraction of sp³-hybridized carbons (Fsp3) is 0.429. The largest absolute Gasteiger partial charge is 0.351 e. The zero-order valence-corrected chi connectivity index (χ0v) is 14.4. The average molecular weight is 322 g/mol. The summed E-state index contributed by atoms with van der Waals surface area (Å²) in [7, 11) is 0. The summed E-state index contributed by atoms with van der Waals surface area (Å²) in [6.07, 6.45) is 10.2. The number of hydrogen-bond acceptors (Lipinski definition) is 2. The van der Waals surface area contributed by atoms with Crippen LogP contribution in [0.5, 0.6) is 0 Å². The molecule has 1 heterocycles. The number of benzene rings is 1. The molecule has 3 rings (SSSR count). The first-order valence-corrected chi connectivity index (χ1v) is 9.02. The molecule has 0 bridgehead atoms. The van der Waals surface area contributed by atoms with Crippen molar-refractivity contribution in [3.63, 3.8) is 0 Å². The summed E-state index contributed by atoms with van der Waals surface area (Å²) >= 11 is 0. The highest BCUT2D eigenvalue weighted by Crippen LogP contribution is 2.32. The fourth-order valence-electron chi connectivity index (χ4n) is 3.50. The Hall–Kier alpha value is -2.16. The van der Waals surface area contributed by atoms with Crippen molar-refractivity contribution in [1.29, 1.82) is 0 Å². The van der Waals surface area contributed by atoms with Gasteiger partial charge in [0.2, 0.25) is 0 Å². The first kappa shape index (κ1) is 16.7. The number of carbonyl (C=O) groups is 1. The molecule has 1 aromatic heterocycles. The van der Waals surface area contributed by atoms with Crippen LogP contribution >= 0.6 is 0 Å². The Labute approximate surface area is 144 Å². The summed E-state index contributed by atoms with van der Waals surface area (Å²) in [6.45, 7) is 2.75. The summed E-state index contributed by atoms with van der Waals surface area (Å²) in [5, 5.41) is 3.04. The van der Waals surface area contributed by atoms with Crippen LogP contribution in [0.2, 0.25) is 0 Å². The molecule has 1 aliphatic rings. The van der Waals surface area contributed by atoms with Gasteiger partial charge in [0, 0.05) is 24.5 Å². The third kappa shape index (κ3) is 4.22. The molecule has 1 N–H and O–H groups in total. The lowest BCUT2D eigenvalue weighted by Gasteiger charge is -2.22. The summed E-state index contributed by atoms with van der Waals surface area (Å²) < 4.78 is 0. The molecule has 0 spiro atoms. The van der Waals surface area contributed by atoms with Gasteiger partial charge in [-0.3, -0.25) is 9.78 Å². The quantitative estimate of drug-likeness (QED) is 0.869. The summed E-state index contributed by atoms with van der Waals surface area (Å²) in [4.78, 5) is 16.4. The van der Waals surface area contributed by atoms with Crippen molar-refractivity contribution >= 4 is 5.91 Å². The zero-order chi connectivity index (χ0) is 16.8. The minimum Gasteiger partial charge on any atom is -0.351 e. The maximum atomic E-state index is 12.3. The predicted molar refractivity (Wildman–Crippen MR) is 97.3 cm³/mol. The Morgan fingerprint density at radius 3 is 2.42 bits per heavy atom. The highest BCUT2D eigenvalue weighted by Gasteiger charge is 2.16. The second kappa shape index (κ2) is 8.09. The van der Waals surface area contributed by atoms with E-state index in [1.165, 1.54) is 43.2 Å². The molecule has 1 fully saturated rings. The lowest BCUT2D eigenvalue weighted by Crippen LogP contribution is -2.27. The molecule has 0 radical (unpaired) electrons. The molecule has 0 unspecified atom stereocenters. The molecule has 24 heavy (non-hydrogen) atoms. The number of pyridine rings is 1. The lowest BCUT2D eigenvalue weighted by atomic mass is 9.84. The second-order valence-electron chi connectivity index (χ2n) is 6.85. The van der Waals surface area contributed by atoms with Crippen molar-refractivity contribution < 1.29 is 4.79 Å². The van der Waals surface area contributed by atoms with Gasteiger partial charge in [-0.05, 0) is 60.1 Å². The SMILES string of the molecule is C[C@@H](CNC(=O)c1ccc(C2CCCCC2)cc1)c1ccncc1. The third-order valence-electron chi connectivity index (χ3n) is 5.09. The number of rotatable bonds is 5. The molecule has 1 atom stereocenters. The minimum absolute atomic E-state index is 0.00565. The van der Waals surface area contributed by atoms with Gasteiger partial charge in [0.05, 0.1) is 0 Å². The molecule has 1 aromatic carbocycles. The first-order chi connectivity index (χ1) is 11.7. The van der Waals surface area contributed by atoms with Crippen molar-refractivity contribution in [2.75, 3.05) is 6.54 Å². The maximum Gasteiger partial charge on any atom is 0.251 e. The molecule has 126 valence electrons. The van der Waals surface area contributed by atoms with Gasteiger partial charge in [-0.1, -0.05) is 38.3 Å². The van der Waals surface area contributed by atoms with Crippen LogP contribution in [0.1, 0.15) is 72.3 Å². The number of nitrogens with zero attached hydrogens (tertiary/aromatic N) is 1. The van der Waals surface area contributed by atoms with Gasteiger partial charge in [0.25, 0.3) is 5.91 Å². The van der Waals surface area contributed by atoms with Crippen molar-refractivity contribution in [3.8, 4) is 0 Å². The monoisotopic (exact) mass is 322 g/mol. The Balaban J connectivity index is 1.55. The summed E-state index contributed by atoms with van der Waals surface area (Å²) in [6, 6.07) is 12.2. The van der Waals surface area contributed by atoms with Crippen LogP contribution in [0.4, 0.5) is 0 Å². The van der Waals surface area contributed by atoms with E-state index in [1.54, 1.807) is 12.4 Å². The van der Waals surface area contributed by atoms with E-state index in [2.05, 4.69) is 29.4 Å².